The Bertz CT molecular complexity index is 626. The number of hydrogen-bond acceptors (Lipinski definition) is 3. The minimum absolute atomic E-state index is 0.660. The highest BCUT2D eigenvalue weighted by Gasteiger charge is 2.13. The summed E-state index contributed by atoms with van der Waals surface area (Å²) in [6, 6.07) is 5.59. The molecular formula is C15H19Cl2N3O. The highest BCUT2D eigenvalue weighted by molar-refractivity contribution is 6.35. The number of aryl methyl sites for hydroxylation is 2. The second-order valence-electron chi connectivity index (χ2n) is 4.86. The summed E-state index contributed by atoms with van der Waals surface area (Å²) < 4.78 is 7.12. The standard InChI is InChI=1S/C15H19Cl2N3O/c1-10-13(15(21-3)20(2)19-10)9-18-7-6-11-4-5-12(16)8-14(11)17/h4-5,8,18H,6-7,9H2,1-3H3. The predicted octanol–water partition coefficient (Wildman–Crippen LogP) is 3.38. The molecule has 0 radical (unpaired) electrons. The molecule has 6 heteroatoms. The van der Waals surface area contributed by atoms with Crippen LogP contribution in [0.2, 0.25) is 10.0 Å². The molecule has 0 amide bonds. The lowest BCUT2D eigenvalue weighted by atomic mass is 10.1. The molecule has 2 rings (SSSR count). The molecule has 1 aromatic heterocycles. The Morgan fingerprint density at radius 1 is 1.33 bits per heavy atom. The van der Waals surface area contributed by atoms with Crippen LogP contribution >= 0.6 is 23.2 Å². The fraction of sp³-hybridized carbons (Fsp3) is 0.400. The van der Waals surface area contributed by atoms with E-state index in [1.165, 1.54) is 0 Å². The topological polar surface area (TPSA) is 39.1 Å². The Hall–Kier alpha value is -1.23. The van der Waals surface area contributed by atoms with Crippen molar-refractivity contribution in [3.8, 4) is 5.88 Å². The number of nitrogens with one attached hydrogen (secondary N) is 1. The van der Waals surface area contributed by atoms with Crippen molar-refractivity contribution in [1.29, 1.82) is 0 Å². The fourth-order valence-electron chi connectivity index (χ4n) is 2.30. The van der Waals surface area contributed by atoms with Gasteiger partial charge in [0, 0.05) is 23.6 Å². The molecule has 0 spiro atoms. The van der Waals surface area contributed by atoms with E-state index in [0.29, 0.717) is 16.6 Å². The lowest BCUT2D eigenvalue weighted by molar-refractivity contribution is 0.368. The molecule has 1 N–H and O–H groups in total. The SMILES string of the molecule is COc1c(CNCCc2ccc(Cl)cc2Cl)c(C)nn1C. The lowest BCUT2D eigenvalue weighted by Gasteiger charge is -2.08. The summed E-state index contributed by atoms with van der Waals surface area (Å²) in [4.78, 5) is 0. The summed E-state index contributed by atoms with van der Waals surface area (Å²) in [7, 11) is 3.54. The quantitative estimate of drug-likeness (QED) is 0.827. The first kappa shape index (κ1) is 16.1. The highest BCUT2D eigenvalue weighted by Crippen LogP contribution is 2.22. The second-order valence-corrected chi connectivity index (χ2v) is 5.70. The van der Waals surface area contributed by atoms with Gasteiger partial charge >= 0.3 is 0 Å². The van der Waals surface area contributed by atoms with Crippen LogP contribution < -0.4 is 10.1 Å². The van der Waals surface area contributed by atoms with Crippen molar-refractivity contribution in [3.05, 3.63) is 45.1 Å². The Morgan fingerprint density at radius 2 is 2.10 bits per heavy atom. The van der Waals surface area contributed by atoms with E-state index in [9.17, 15) is 0 Å². The molecule has 0 aliphatic heterocycles. The van der Waals surface area contributed by atoms with Crippen molar-refractivity contribution in [2.45, 2.75) is 19.9 Å². The van der Waals surface area contributed by atoms with Gasteiger partial charge in [-0.2, -0.15) is 5.10 Å². The van der Waals surface area contributed by atoms with Gasteiger partial charge in [-0.3, -0.25) is 0 Å². The highest BCUT2D eigenvalue weighted by atomic mass is 35.5. The van der Waals surface area contributed by atoms with Crippen LogP contribution in [-0.4, -0.2) is 23.4 Å². The number of methoxy groups -OCH3 is 1. The van der Waals surface area contributed by atoms with E-state index < -0.39 is 0 Å². The molecule has 0 saturated carbocycles. The summed E-state index contributed by atoms with van der Waals surface area (Å²) in [5.41, 5.74) is 3.15. The molecule has 21 heavy (non-hydrogen) atoms. The number of nitrogens with zero attached hydrogens (tertiary/aromatic N) is 2. The number of ether oxygens (including phenoxy) is 1. The largest absolute Gasteiger partial charge is 0.481 e. The molecule has 0 atom stereocenters. The van der Waals surface area contributed by atoms with Crippen molar-refractivity contribution in [1.82, 2.24) is 15.1 Å². The molecule has 2 aromatic rings. The van der Waals surface area contributed by atoms with Crippen molar-refractivity contribution in [2.24, 2.45) is 7.05 Å². The summed E-state index contributed by atoms with van der Waals surface area (Å²) >= 11 is 12.0. The van der Waals surface area contributed by atoms with Gasteiger partial charge in [0.1, 0.15) is 0 Å². The van der Waals surface area contributed by atoms with Gasteiger partial charge in [0.2, 0.25) is 5.88 Å². The maximum atomic E-state index is 6.16. The normalized spacial score (nSPS) is 10.9. The molecule has 0 fully saturated rings. The van der Waals surface area contributed by atoms with Crippen LogP contribution in [0.4, 0.5) is 0 Å². The smallest absolute Gasteiger partial charge is 0.216 e. The van der Waals surface area contributed by atoms with Crippen LogP contribution in [0, 0.1) is 6.92 Å². The molecule has 114 valence electrons. The Kier molecular flexibility index (Phi) is 5.51. The lowest BCUT2D eigenvalue weighted by Crippen LogP contribution is -2.17. The van der Waals surface area contributed by atoms with Gasteiger partial charge in [-0.15, -0.1) is 0 Å². The third kappa shape index (κ3) is 3.90. The zero-order valence-electron chi connectivity index (χ0n) is 12.4. The van der Waals surface area contributed by atoms with E-state index in [1.807, 2.05) is 26.1 Å². The predicted molar refractivity (Wildman–Crippen MR) is 86.4 cm³/mol. The molecule has 0 unspecified atom stereocenters. The van der Waals surface area contributed by atoms with Gasteiger partial charge in [-0.1, -0.05) is 29.3 Å². The second kappa shape index (κ2) is 7.16. The van der Waals surface area contributed by atoms with Crippen molar-refractivity contribution < 1.29 is 4.74 Å². The first-order valence-corrected chi connectivity index (χ1v) is 7.49. The molecule has 0 saturated heterocycles. The van der Waals surface area contributed by atoms with Crippen LogP contribution in [0.3, 0.4) is 0 Å². The molecule has 0 aliphatic rings. The Labute approximate surface area is 135 Å². The summed E-state index contributed by atoms with van der Waals surface area (Å²) in [6.45, 7) is 3.52. The zero-order chi connectivity index (χ0) is 15.4. The third-order valence-corrected chi connectivity index (χ3v) is 3.96. The first-order valence-electron chi connectivity index (χ1n) is 6.74. The van der Waals surface area contributed by atoms with E-state index in [0.717, 1.165) is 35.7 Å². The molecule has 1 aromatic carbocycles. The van der Waals surface area contributed by atoms with Gasteiger partial charge in [-0.05, 0) is 37.6 Å². The van der Waals surface area contributed by atoms with Crippen LogP contribution in [0.25, 0.3) is 0 Å². The molecule has 4 nitrogen and oxygen atoms in total. The molecular weight excluding hydrogens is 309 g/mol. The van der Waals surface area contributed by atoms with Crippen LogP contribution in [0.5, 0.6) is 5.88 Å². The summed E-state index contributed by atoms with van der Waals surface area (Å²) in [5.74, 6) is 0.796. The van der Waals surface area contributed by atoms with Crippen molar-refractivity contribution in [2.75, 3.05) is 13.7 Å². The Balaban J connectivity index is 1.90. The maximum Gasteiger partial charge on any atom is 0.216 e. The number of hydrogen-bond donors (Lipinski definition) is 1. The van der Waals surface area contributed by atoms with Gasteiger partial charge < -0.3 is 10.1 Å². The van der Waals surface area contributed by atoms with Gasteiger partial charge in [0.25, 0.3) is 0 Å². The number of rotatable bonds is 6. The van der Waals surface area contributed by atoms with E-state index in [-0.39, 0.29) is 0 Å². The molecule has 1 heterocycles. The van der Waals surface area contributed by atoms with Crippen LogP contribution in [-0.2, 0) is 20.0 Å². The minimum atomic E-state index is 0.660. The van der Waals surface area contributed by atoms with Gasteiger partial charge in [-0.25, -0.2) is 4.68 Å². The summed E-state index contributed by atoms with van der Waals surface area (Å²) in [5, 5.41) is 9.12. The average Bonchev–Trinajstić information content (AvgIpc) is 2.70. The first-order chi connectivity index (χ1) is 10.0. The number of halogens is 2. The maximum absolute atomic E-state index is 6.16. The van der Waals surface area contributed by atoms with E-state index in [4.69, 9.17) is 27.9 Å². The van der Waals surface area contributed by atoms with Crippen LogP contribution in [0.15, 0.2) is 18.2 Å². The number of aromatic nitrogens is 2. The van der Waals surface area contributed by atoms with E-state index >= 15 is 0 Å². The van der Waals surface area contributed by atoms with Crippen molar-refractivity contribution >= 4 is 23.2 Å². The van der Waals surface area contributed by atoms with Crippen LogP contribution in [0.1, 0.15) is 16.8 Å². The van der Waals surface area contributed by atoms with Gasteiger partial charge in [0.15, 0.2) is 0 Å². The average molecular weight is 328 g/mol. The summed E-state index contributed by atoms with van der Waals surface area (Å²) in [6.07, 6.45) is 0.845. The Morgan fingerprint density at radius 3 is 2.76 bits per heavy atom. The van der Waals surface area contributed by atoms with Crippen molar-refractivity contribution in [3.63, 3.8) is 0 Å². The third-order valence-electron chi connectivity index (χ3n) is 3.37. The monoisotopic (exact) mass is 327 g/mol. The molecule has 0 aliphatic carbocycles. The fourth-order valence-corrected chi connectivity index (χ4v) is 2.80. The zero-order valence-corrected chi connectivity index (χ0v) is 13.9. The van der Waals surface area contributed by atoms with E-state index in [2.05, 4.69) is 10.4 Å². The number of benzene rings is 1. The minimum Gasteiger partial charge on any atom is -0.481 e. The van der Waals surface area contributed by atoms with Gasteiger partial charge in [0.05, 0.1) is 18.4 Å². The molecule has 0 bridgehead atoms. The van der Waals surface area contributed by atoms with E-state index in [1.54, 1.807) is 17.9 Å².